The number of benzene rings is 1. The molecular weight excluding hydrogens is 241 g/mol. The molecule has 1 aliphatic rings. The van der Waals surface area contributed by atoms with Crippen molar-refractivity contribution in [2.24, 2.45) is 5.92 Å². The summed E-state index contributed by atoms with van der Waals surface area (Å²) < 4.78 is 13.6. The fraction of sp³-hybridized carbons (Fsp3) is 0.533. The summed E-state index contributed by atoms with van der Waals surface area (Å²) in [5.41, 5.74) is 0.916. The minimum absolute atomic E-state index is 0.175. The van der Waals surface area contributed by atoms with Crippen molar-refractivity contribution in [2.75, 3.05) is 38.6 Å². The molecule has 0 amide bonds. The molecule has 0 unspecified atom stereocenters. The highest BCUT2D eigenvalue weighted by Gasteiger charge is 2.22. The molecule has 0 bridgehead atoms. The van der Waals surface area contributed by atoms with Gasteiger partial charge in [0.15, 0.2) is 0 Å². The van der Waals surface area contributed by atoms with Gasteiger partial charge in [-0.25, -0.2) is 4.39 Å². The Morgan fingerprint density at radius 3 is 2.63 bits per heavy atom. The molecule has 3 nitrogen and oxygen atoms in total. The van der Waals surface area contributed by atoms with Crippen LogP contribution in [0.5, 0.6) is 0 Å². The molecule has 1 aromatic carbocycles. The van der Waals surface area contributed by atoms with Gasteiger partial charge < -0.3 is 9.80 Å². The average Bonchev–Trinajstić information content (AvgIpc) is 2.38. The fourth-order valence-electron chi connectivity index (χ4n) is 2.76. The standard InChI is InChI=1S/C15H20FN3/c1-18(2)11-12-6-8-19(9-7-12)15-5-3-4-14(16)13(15)10-17/h3-5,12H,6-9,11H2,1-2H3. The summed E-state index contributed by atoms with van der Waals surface area (Å²) in [6.45, 7) is 2.90. The summed E-state index contributed by atoms with van der Waals surface area (Å²) in [6, 6.07) is 6.85. The molecule has 0 aliphatic carbocycles. The highest BCUT2D eigenvalue weighted by molar-refractivity contribution is 5.60. The summed E-state index contributed by atoms with van der Waals surface area (Å²) >= 11 is 0. The van der Waals surface area contributed by atoms with Gasteiger partial charge in [-0.1, -0.05) is 6.07 Å². The van der Waals surface area contributed by atoms with Crippen molar-refractivity contribution in [1.82, 2.24) is 4.90 Å². The quantitative estimate of drug-likeness (QED) is 0.837. The topological polar surface area (TPSA) is 30.3 Å². The van der Waals surface area contributed by atoms with Crippen LogP contribution in [0.3, 0.4) is 0 Å². The molecule has 1 aliphatic heterocycles. The SMILES string of the molecule is CN(C)CC1CCN(c2cccc(F)c2C#N)CC1. The fourth-order valence-corrected chi connectivity index (χ4v) is 2.76. The van der Waals surface area contributed by atoms with E-state index < -0.39 is 5.82 Å². The predicted molar refractivity (Wildman–Crippen MR) is 74.6 cm³/mol. The van der Waals surface area contributed by atoms with E-state index in [2.05, 4.69) is 23.9 Å². The van der Waals surface area contributed by atoms with Crippen LogP contribution in [0.15, 0.2) is 18.2 Å². The van der Waals surface area contributed by atoms with Crippen LogP contribution in [-0.4, -0.2) is 38.6 Å². The van der Waals surface area contributed by atoms with E-state index in [1.165, 1.54) is 6.07 Å². The smallest absolute Gasteiger partial charge is 0.143 e. The monoisotopic (exact) mass is 261 g/mol. The maximum Gasteiger partial charge on any atom is 0.143 e. The van der Waals surface area contributed by atoms with Crippen LogP contribution >= 0.6 is 0 Å². The van der Waals surface area contributed by atoms with Crippen molar-refractivity contribution in [2.45, 2.75) is 12.8 Å². The second-order valence-corrected chi connectivity index (χ2v) is 5.44. The van der Waals surface area contributed by atoms with Gasteiger partial charge >= 0.3 is 0 Å². The first-order chi connectivity index (χ1) is 9.11. The van der Waals surface area contributed by atoms with Gasteiger partial charge in [-0.15, -0.1) is 0 Å². The molecule has 0 atom stereocenters. The zero-order valence-corrected chi connectivity index (χ0v) is 11.6. The van der Waals surface area contributed by atoms with Gasteiger partial charge in [0.25, 0.3) is 0 Å². The first-order valence-corrected chi connectivity index (χ1v) is 6.70. The van der Waals surface area contributed by atoms with Crippen LogP contribution in [0, 0.1) is 23.1 Å². The highest BCUT2D eigenvalue weighted by Crippen LogP contribution is 2.27. The third-order valence-electron chi connectivity index (χ3n) is 3.68. The number of anilines is 1. The molecule has 1 aromatic rings. The van der Waals surface area contributed by atoms with E-state index in [-0.39, 0.29) is 5.56 Å². The van der Waals surface area contributed by atoms with Gasteiger partial charge in [-0.05, 0) is 45.0 Å². The predicted octanol–water partition coefficient (Wildman–Crippen LogP) is 2.48. The molecular formula is C15H20FN3. The first-order valence-electron chi connectivity index (χ1n) is 6.70. The van der Waals surface area contributed by atoms with Gasteiger partial charge in [0.05, 0.1) is 5.69 Å². The lowest BCUT2D eigenvalue weighted by Crippen LogP contribution is -2.37. The van der Waals surface area contributed by atoms with Gasteiger partial charge in [0, 0.05) is 19.6 Å². The van der Waals surface area contributed by atoms with E-state index in [9.17, 15) is 4.39 Å². The summed E-state index contributed by atoms with van der Waals surface area (Å²) in [4.78, 5) is 4.34. The van der Waals surface area contributed by atoms with E-state index in [4.69, 9.17) is 5.26 Å². The second-order valence-electron chi connectivity index (χ2n) is 5.44. The number of halogens is 1. The maximum absolute atomic E-state index is 13.6. The molecule has 1 fully saturated rings. The lowest BCUT2D eigenvalue weighted by Gasteiger charge is -2.35. The number of nitrogens with zero attached hydrogens (tertiary/aromatic N) is 3. The summed E-state index contributed by atoms with van der Waals surface area (Å²) in [5, 5.41) is 9.08. The van der Waals surface area contributed by atoms with Gasteiger partial charge in [0.2, 0.25) is 0 Å². The molecule has 19 heavy (non-hydrogen) atoms. The number of nitriles is 1. The van der Waals surface area contributed by atoms with Crippen LogP contribution in [-0.2, 0) is 0 Å². The van der Waals surface area contributed by atoms with Gasteiger partial charge in [-0.2, -0.15) is 5.26 Å². The van der Waals surface area contributed by atoms with Gasteiger partial charge in [0.1, 0.15) is 17.4 Å². The number of piperidine rings is 1. The summed E-state index contributed by atoms with van der Waals surface area (Å²) in [6.07, 6.45) is 2.19. The molecule has 4 heteroatoms. The number of rotatable bonds is 3. The minimum Gasteiger partial charge on any atom is -0.370 e. The Morgan fingerprint density at radius 1 is 1.37 bits per heavy atom. The number of hydrogen-bond acceptors (Lipinski definition) is 3. The van der Waals surface area contributed by atoms with E-state index in [1.54, 1.807) is 6.07 Å². The number of hydrogen-bond donors (Lipinski definition) is 0. The van der Waals surface area contributed by atoms with Crippen LogP contribution in [0.4, 0.5) is 10.1 Å². The van der Waals surface area contributed by atoms with Crippen molar-refractivity contribution in [3.05, 3.63) is 29.6 Å². The third-order valence-corrected chi connectivity index (χ3v) is 3.68. The molecule has 0 saturated carbocycles. The van der Waals surface area contributed by atoms with Crippen molar-refractivity contribution in [3.63, 3.8) is 0 Å². The van der Waals surface area contributed by atoms with E-state index >= 15 is 0 Å². The molecule has 1 heterocycles. The molecule has 0 N–H and O–H groups in total. The van der Waals surface area contributed by atoms with Gasteiger partial charge in [-0.3, -0.25) is 0 Å². The van der Waals surface area contributed by atoms with Crippen molar-refractivity contribution in [1.29, 1.82) is 5.26 Å². The Balaban J connectivity index is 2.06. The van der Waals surface area contributed by atoms with E-state index in [0.29, 0.717) is 5.92 Å². The Labute approximate surface area is 114 Å². The molecule has 0 aromatic heterocycles. The largest absolute Gasteiger partial charge is 0.370 e. The lowest BCUT2D eigenvalue weighted by molar-refractivity contribution is 0.285. The third kappa shape index (κ3) is 3.24. The Bertz CT molecular complexity index is 471. The summed E-state index contributed by atoms with van der Waals surface area (Å²) in [5.74, 6) is 0.278. The Hall–Kier alpha value is -1.60. The zero-order chi connectivity index (χ0) is 13.8. The second kappa shape index (κ2) is 6.03. The Kier molecular flexibility index (Phi) is 4.39. The van der Waals surface area contributed by atoms with Crippen LogP contribution in [0.25, 0.3) is 0 Å². The molecule has 0 radical (unpaired) electrons. The van der Waals surface area contributed by atoms with Crippen molar-refractivity contribution < 1.29 is 4.39 Å². The average molecular weight is 261 g/mol. The molecule has 0 spiro atoms. The van der Waals surface area contributed by atoms with Crippen molar-refractivity contribution >= 4 is 5.69 Å². The maximum atomic E-state index is 13.6. The van der Waals surface area contributed by atoms with E-state index in [0.717, 1.165) is 38.2 Å². The normalized spacial score (nSPS) is 16.7. The first kappa shape index (κ1) is 13.8. The lowest BCUT2D eigenvalue weighted by atomic mass is 9.95. The Morgan fingerprint density at radius 2 is 2.05 bits per heavy atom. The van der Waals surface area contributed by atoms with Crippen LogP contribution in [0.2, 0.25) is 0 Å². The highest BCUT2D eigenvalue weighted by atomic mass is 19.1. The molecule has 2 rings (SSSR count). The molecule has 102 valence electrons. The van der Waals surface area contributed by atoms with Crippen LogP contribution < -0.4 is 4.90 Å². The van der Waals surface area contributed by atoms with Crippen LogP contribution in [0.1, 0.15) is 18.4 Å². The molecule has 1 saturated heterocycles. The minimum atomic E-state index is -0.421. The summed E-state index contributed by atoms with van der Waals surface area (Å²) in [7, 11) is 4.18. The van der Waals surface area contributed by atoms with Crippen molar-refractivity contribution in [3.8, 4) is 6.07 Å². The zero-order valence-electron chi connectivity index (χ0n) is 11.6. The van der Waals surface area contributed by atoms with E-state index in [1.807, 2.05) is 12.1 Å².